The van der Waals surface area contributed by atoms with Gasteiger partial charge in [-0.05, 0) is 44.1 Å². The summed E-state index contributed by atoms with van der Waals surface area (Å²) in [5, 5.41) is 3.84. The van der Waals surface area contributed by atoms with Gasteiger partial charge in [0.1, 0.15) is 0 Å². The number of carbonyl (C=O) groups excluding carboxylic acids is 1. The van der Waals surface area contributed by atoms with E-state index >= 15 is 0 Å². The van der Waals surface area contributed by atoms with Crippen LogP contribution in [0.1, 0.15) is 19.3 Å². The molecule has 1 heterocycles. The Kier molecular flexibility index (Phi) is 4.87. The van der Waals surface area contributed by atoms with E-state index in [0.29, 0.717) is 22.2 Å². The zero-order valence-corrected chi connectivity index (χ0v) is 11.6. The Balaban J connectivity index is 1.82. The third-order valence-corrected chi connectivity index (χ3v) is 3.61. The van der Waals surface area contributed by atoms with Crippen LogP contribution < -0.4 is 5.32 Å². The smallest absolute Gasteiger partial charge is 0.225 e. The Morgan fingerprint density at radius 3 is 2.67 bits per heavy atom. The minimum atomic E-state index is -0.00822. The maximum atomic E-state index is 11.8. The van der Waals surface area contributed by atoms with Crippen molar-refractivity contribution >= 4 is 34.8 Å². The number of halogens is 2. The van der Waals surface area contributed by atoms with Crippen molar-refractivity contribution in [2.45, 2.75) is 19.3 Å². The van der Waals surface area contributed by atoms with Crippen molar-refractivity contribution in [2.24, 2.45) is 0 Å². The summed E-state index contributed by atoms with van der Waals surface area (Å²) in [6.45, 7) is 3.03. The summed E-state index contributed by atoms with van der Waals surface area (Å²) in [6, 6.07) is 5.06. The van der Waals surface area contributed by atoms with E-state index < -0.39 is 0 Å². The van der Waals surface area contributed by atoms with Gasteiger partial charge < -0.3 is 10.2 Å². The van der Waals surface area contributed by atoms with Crippen molar-refractivity contribution < 1.29 is 4.79 Å². The largest absolute Gasteiger partial charge is 0.325 e. The van der Waals surface area contributed by atoms with E-state index in [1.165, 1.54) is 12.8 Å². The van der Waals surface area contributed by atoms with Crippen molar-refractivity contribution in [1.82, 2.24) is 4.90 Å². The zero-order chi connectivity index (χ0) is 13.0. The number of nitrogens with one attached hydrogen (secondary N) is 1. The monoisotopic (exact) mass is 286 g/mol. The van der Waals surface area contributed by atoms with Crippen LogP contribution in [0.5, 0.6) is 0 Å². The molecule has 1 aromatic carbocycles. The molecule has 1 N–H and O–H groups in total. The van der Waals surface area contributed by atoms with E-state index in [4.69, 9.17) is 23.2 Å². The molecule has 1 amide bonds. The number of nitrogens with zero attached hydrogens (tertiary/aromatic N) is 1. The SMILES string of the molecule is O=C(CCN1CCCC1)Nc1ccc(Cl)cc1Cl. The van der Waals surface area contributed by atoms with Gasteiger partial charge in [0.05, 0.1) is 10.7 Å². The molecule has 1 saturated heterocycles. The normalized spacial score (nSPS) is 15.9. The molecular formula is C13H16Cl2N2O. The van der Waals surface area contributed by atoms with E-state index in [-0.39, 0.29) is 5.91 Å². The minimum Gasteiger partial charge on any atom is -0.325 e. The molecule has 1 aromatic rings. The van der Waals surface area contributed by atoms with Gasteiger partial charge in [-0.1, -0.05) is 23.2 Å². The third-order valence-electron chi connectivity index (χ3n) is 3.06. The fraction of sp³-hybridized carbons (Fsp3) is 0.462. The highest BCUT2D eigenvalue weighted by Crippen LogP contribution is 2.25. The fourth-order valence-corrected chi connectivity index (χ4v) is 2.53. The summed E-state index contributed by atoms with van der Waals surface area (Å²) in [6.07, 6.45) is 2.98. The van der Waals surface area contributed by atoms with Gasteiger partial charge in [0, 0.05) is 18.0 Å². The number of hydrogen-bond donors (Lipinski definition) is 1. The first-order chi connectivity index (χ1) is 8.65. The number of benzene rings is 1. The summed E-state index contributed by atoms with van der Waals surface area (Å²) in [5.74, 6) is -0.00822. The summed E-state index contributed by atoms with van der Waals surface area (Å²) >= 11 is 11.8. The van der Waals surface area contributed by atoms with Gasteiger partial charge in [-0.15, -0.1) is 0 Å². The van der Waals surface area contributed by atoms with Crippen molar-refractivity contribution in [3.05, 3.63) is 28.2 Å². The van der Waals surface area contributed by atoms with Crippen LogP contribution in [-0.2, 0) is 4.79 Å². The van der Waals surface area contributed by atoms with E-state index in [1.54, 1.807) is 18.2 Å². The molecule has 3 nitrogen and oxygen atoms in total. The van der Waals surface area contributed by atoms with Gasteiger partial charge in [0.25, 0.3) is 0 Å². The molecule has 0 atom stereocenters. The van der Waals surface area contributed by atoms with Gasteiger partial charge in [-0.3, -0.25) is 4.79 Å². The Morgan fingerprint density at radius 2 is 2.00 bits per heavy atom. The molecular weight excluding hydrogens is 271 g/mol. The van der Waals surface area contributed by atoms with E-state index in [1.807, 2.05) is 0 Å². The van der Waals surface area contributed by atoms with Crippen LogP contribution >= 0.6 is 23.2 Å². The predicted molar refractivity (Wildman–Crippen MR) is 75.4 cm³/mol. The maximum absolute atomic E-state index is 11.8. The van der Waals surface area contributed by atoms with Crippen LogP contribution in [0.3, 0.4) is 0 Å². The lowest BCUT2D eigenvalue weighted by Crippen LogP contribution is -2.25. The Morgan fingerprint density at radius 1 is 1.28 bits per heavy atom. The lowest BCUT2D eigenvalue weighted by Gasteiger charge is -2.14. The van der Waals surface area contributed by atoms with Crippen LogP contribution in [0.15, 0.2) is 18.2 Å². The van der Waals surface area contributed by atoms with Crippen LogP contribution in [-0.4, -0.2) is 30.4 Å². The highest BCUT2D eigenvalue weighted by Gasteiger charge is 2.13. The molecule has 18 heavy (non-hydrogen) atoms. The van der Waals surface area contributed by atoms with E-state index in [9.17, 15) is 4.79 Å². The molecule has 0 spiro atoms. The molecule has 0 aromatic heterocycles. The molecule has 0 aliphatic carbocycles. The number of anilines is 1. The first-order valence-electron chi connectivity index (χ1n) is 6.12. The van der Waals surface area contributed by atoms with E-state index in [2.05, 4.69) is 10.2 Å². The fourth-order valence-electron chi connectivity index (χ4n) is 2.07. The van der Waals surface area contributed by atoms with Crippen LogP contribution in [0.2, 0.25) is 10.0 Å². The number of carbonyl (C=O) groups is 1. The lowest BCUT2D eigenvalue weighted by atomic mass is 10.3. The average Bonchev–Trinajstić information content (AvgIpc) is 2.83. The Hall–Kier alpha value is -0.770. The average molecular weight is 287 g/mol. The summed E-state index contributed by atoms with van der Waals surface area (Å²) in [4.78, 5) is 14.1. The predicted octanol–water partition coefficient (Wildman–Crippen LogP) is 3.42. The highest BCUT2D eigenvalue weighted by atomic mass is 35.5. The number of hydrogen-bond acceptors (Lipinski definition) is 2. The molecule has 1 fully saturated rings. The van der Waals surface area contributed by atoms with Crippen LogP contribution in [0, 0.1) is 0 Å². The highest BCUT2D eigenvalue weighted by molar-refractivity contribution is 6.36. The molecule has 0 unspecified atom stereocenters. The molecule has 0 radical (unpaired) electrons. The first kappa shape index (κ1) is 13.7. The van der Waals surface area contributed by atoms with Gasteiger partial charge in [0.15, 0.2) is 0 Å². The number of likely N-dealkylation sites (tertiary alicyclic amines) is 1. The van der Waals surface area contributed by atoms with Gasteiger partial charge >= 0.3 is 0 Å². The summed E-state index contributed by atoms with van der Waals surface area (Å²) in [7, 11) is 0. The second-order valence-electron chi connectivity index (χ2n) is 4.47. The third kappa shape index (κ3) is 3.87. The van der Waals surface area contributed by atoms with Crippen molar-refractivity contribution in [3.8, 4) is 0 Å². The van der Waals surface area contributed by atoms with E-state index in [0.717, 1.165) is 19.6 Å². The van der Waals surface area contributed by atoms with Crippen LogP contribution in [0.25, 0.3) is 0 Å². The quantitative estimate of drug-likeness (QED) is 0.920. The van der Waals surface area contributed by atoms with Gasteiger partial charge in [-0.2, -0.15) is 0 Å². The Labute approximate surface area is 117 Å². The minimum absolute atomic E-state index is 0.00822. The first-order valence-corrected chi connectivity index (χ1v) is 6.88. The Bertz CT molecular complexity index is 431. The zero-order valence-electron chi connectivity index (χ0n) is 10.1. The molecule has 2 rings (SSSR count). The number of rotatable bonds is 4. The topological polar surface area (TPSA) is 32.3 Å². The molecule has 98 valence electrons. The second kappa shape index (κ2) is 6.41. The van der Waals surface area contributed by atoms with Gasteiger partial charge in [0.2, 0.25) is 5.91 Å². The molecule has 0 bridgehead atoms. The summed E-state index contributed by atoms with van der Waals surface area (Å²) < 4.78 is 0. The number of amides is 1. The van der Waals surface area contributed by atoms with Crippen molar-refractivity contribution in [2.75, 3.05) is 25.0 Å². The van der Waals surface area contributed by atoms with Crippen molar-refractivity contribution in [1.29, 1.82) is 0 Å². The molecule has 0 saturated carbocycles. The molecule has 5 heteroatoms. The second-order valence-corrected chi connectivity index (χ2v) is 5.31. The maximum Gasteiger partial charge on any atom is 0.225 e. The summed E-state index contributed by atoms with van der Waals surface area (Å²) in [5.41, 5.74) is 0.618. The lowest BCUT2D eigenvalue weighted by molar-refractivity contribution is -0.116. The molecule has 1 aliphatic heterocycles. The molecule has 1 aliphatic rings. The standard InChI is InChI=1S/C13H16Cl2N2O/c14-10-3-4-12(11(15)9-10)16-13(18)5-8-17-6-1-2-7-17/h3-4,9H,1-2,5-8H2,(H,16,18). The van der Waals surface area contributed by atoms with Crippen molar-refractivity contribution in [3.63, 3.8) is 0 Å². The van der Waals surface area contributed by atoms with Gasteiger partial charge in [-0.25, -0.2) is 0 Å². The van der Waals surface area contributed by atoms with Crippen LogP contribution in [0.4, 0.5) is 5.69 Å².